The average Bonchev–Trinajstić information content (AvgIpc) is 2.49. The van der Waals surface area contributed by atoms with Gasteiger partial charge in [0.2, 0.25) is 0 Å². The Bertz CT molecular complexity index is 578. The highest BCUT2D eigenvalue weighted by atomic mass is 16.5. The maximum atomic E-state index is 5.44. The van der Waals surface area contributed by atoms with Gasteiger partial charge in [-0.2, -0.15) is 0 Å². The summed E-state index contributed by atoms with van der Waals surface area (Å²) >= 11 is 0. The molecule has 0 spiro atoms. The number of rotatable bonds is 6. The smallest absolute Gasteiger partial charge is 0.122 e. The Morgan fingerprint density at radius 1 is 1.19 bits per heavy atom. The molecule has 2 aromatic rings. The maximum Gasteiger partial charge on any atom is 0.122 e. The van der Waals surface area contributed by atoms with Crippen LogP contribution in [-0.4, -0.2) is 18.6 Å². The fraction of sp³-hybridized carbons (Fsp3) is 0.389. The van der Waals surface area contributed by atoms with Gasteiger partial charge < -0.3 is 10.1 Å². The van der Waals surface area contributed by atoms with Crippen molar-refractivity contribution in [2.75, 3.05) is 13.7 Å². The molecule has 0 saturated heterocycles. The van der Waals surface area contributed by atoms with Crippen molar-refractivity contribution < 1.29 is 4.74 Å². The molecule has 1 atom stereocenters. The Morgan fingerprint density at radius 3 is 2.62 bits per heavy atom. The van der Waals surface area contributed by atoms with Gasteiger partial charge in [-0.15, -0.1) is 0 Å². The van der Waals surface area contributed by atoms with E-state index in [-0.39, 0.29) is 6.04 Å². The lowest BCUT2D eigenvalue weighted by Gasteiger charge is -2.19. The van der Waals surface area contributed by atoms with E-state index in [0.29, 0.717) is 0 Å². The molecule has 1 aromatic carbocycles. The van der Waals surface area contributed by atoms with E-state index in [9.17, 15) is 0 Å². The van der Waals surface area contributed by atoms with Crippen molar-refractivity contribution >= 4 is 0 Å². The summed E-state index contributed by atoms with van der Waals surface area (Å²) in [6, 6.07) is 10.9. The second-order valence-corrected chi connectivity index (χ2v) is 5.37. The molecule has 0 fully saturated rings. The summed E-state index contributed by atoms with van der Waals surface area (Å²) in [6.07, 6.45) is 2.80. The third-order valence-electron chi connectivity index (χ3n) is 3.67. The number of pyridine rings is 1. The van der Waals surface area contributed by atoms with Crippen molar-refractivity contribution in [3.05, 3.63) is 58.9 Å². The number of likely N-dealkylation sites (N-methyl/N-ethyl adjacent to an activating group) is 1. The zero-order valence-electron chi connectivity index (χ0n) is 13.3. The highest BCUT2D eigenvalue weighted by Crippen LogP contribution is 2.25. The molecule has 1 unspecified atom stereocenters. The predicted molar refractivity (Wildman–Crippen MR) is 86.8 cm³/mol. The Labute approximate surface area is 127 Å². The van der Waals surface area contributed by atoms with E-state index in [1.165, 1.54) is 11.1 Å². The van der Waals surface area contributed by atoms with Gasteiger partial charge in [0.25, 0.3) is 0 Å². The molecule has 0 bridgehead atoms. The van der Waals surface area contributed by atoms with Crippen LogP contribution in [0.2, 0.25) is 0 Å². The molecule has 3 nitrogen and oxygen atoms in total. The topological polar surface area (TPSA) is 34.2 Å². The monoisotopic (exact) mass is 284 g/mol. The van der Waals surface area contributed by atoms with Gasteiger partial charge in [0, 0.05) is 24.4 Å². The van der Waals surface area contributed by atoms with Crippen LogP contribution >= 0.6 is 0 Å². The minimum absolute atomic E-state index is 0.250. The lowest BCUT2D eigenvalue weighted by Crippen LogP contribution is -2.23. The van der Waals surface area contributed by atoms with Crippen LogP contribution in [0.25, 0.3) is 0 Å². The van der Waals surface area contributed by atoms with E-state index < -0.39 is 0 Å². The summed E-state index contributed by atoms with van der Waals surface area (Å²) in [5, 5.41) is 3.54. The summed E-state index contributed by atoms with van der Waals surface area (Å²) in [5.74, 6) is 0.937. The van der Waals surface area contributed by atoms with Crippen molar-refractivity contribution in [3.63, 3.8) is 0 Å². The predicted octanol–water partition coefficient (Wildman–Crippen LogP) is 3.60. The number of ether oxygens (including phenoxy) is 1. The molecule has 3 heteroatoms. The number of methoxy groups -OCH3 is 1. The van der Waals surface area contributed by atoms with Crippen LogP contribution < -0.4 is 10.1 Å². The third-order valence-corrected chi connectivity index (χ3v) is 3.67. The van der Waals surface area contributed by atoms with Crippen LogP contribution in [0.15, 0.2) is 36.5 Å². The van der Waals surface area contributed by atoms with Gasteiger partial charge in [0.05, 0.1) is 7.11 Å². The molecule has 0 aliphatic carbocycles. The Morgan fingerprint density at radius 2 is 2.00 bits per heavy atom. The molecule has 0 radical (unpaired) electrons. The van der Waals surface area contributed by atoms with Crippen LogP contribution in [-0.2, 0) is 6.42 Å². The number of benzene rings is 1. The highest BCUT2D eigenvalue weighted by molar-refractivity contribution is 5.38. The number of nitrogens with zero attached hydrogens (tertiary/aromatic N) is 1. The van der Waals surface area contributed by atoms with Crippen molar-refractivity contribution in [1.29, 1.82) is 0 Å². The molecule has 0 amide bonds. The van der Waals surface area contributed by atoms with E-state index >= 15 is 0 Å². The van der Waals surface area contributed by atoms with Gasteiger partial charge in [-0.3, -0.25) is 4.98 Å². The summed E-state index contributed by atoms with van der Waals surface area (Å²) < 4.78 is 5.44. The van der Waals surface area contributed by atoms with Crippen molar-refractivity contribution in [2.24, 2.45) is 0 Å². The van der Waals surface area contributed by atoms with Gasteiger partial charge >= 0.3 is 0 Å². The van der Waals surface area contributed by atoms with E-state index in [2.05, 4.69) is 61.4 Å². The minimum Gasteiger partial charge on any atom is -0.496 e. The number of nitrogens with one attached hydrogen (secondary N) is 1. The number of hydrogen-bond acceptors (Lipinski definition) is 3. The Kier molecular flexibility index (Phi) is 5.34. The van der Waals surface area contributed by atoms with Crippen LogP contribution in [0.1, 0.15) is 35.3 Å². The molecule has 1 heterocycles. The summed E-state index contributed by atoms with van der Waals surface area (Å²) in [7, 11) is 1.72. The molecular formula is C18H24N2O. The average molecular weight is 284 g/mol. The molecule has 1 N–H and O–H groups in total. The van der Waals surface area contributed by atoms with Crippen LogP contribution in [0.4, 0.5) is 0 Å². The largest absolute Gasteiger partial charge is 0.496 e. The second-order valence-electron chi connectivity index (χ2n) is 5.37. The molecule has 21 heavy (non-hydrogen) atoms. The summed E-state index contributed by atoms with van der Waals surface area (Å²) in [5.41, 5.74) is 4.69. The normalized spacial score (nSPS) is 12.2. The van der Waals surface area contributed by atoms with Crippen LogP contribution in [0.3, 0.4) is 0 Å². The van der Waals surface area contributed by atoms with Crippen molar-refractivity contribution in [1.82, 2.24) is 10.3 Å². The Hall–Kier alpha value is -1.87. The van der Waals surface area contributed by atoms with E-state index in [1.807, 2.05) is 6.20 Å². The first-order valence-electron chi connectivity index (χ1n) is 7.43. The van der Waals surface area contributed by atoms with Gasteiger partial charge in [0.15, 0.2) is 0 Å². The lowest BCUT2D eigenvalue weighted by molar-refractivity contribution is 0.409. The van der Waals surface area contributed by atoms with Crippen molar-refractivity contribution in [2.45, 2.75) is 33.2 Å². The van der Waals surface area contributed by atoms with Gasteiger partial charge in [-0.1, -0.05) is 25.1 Å². The van der Waals surface area contributed by atoms with E-state index in [1.54, 1.807) is 7.11 Å². The molecular weight excluding hydrogens is 260 g/mol. The minimum atomic E-state index is 0.250. The molecule has 1 aromatic heterocycles. The highest BCUT2D eigenvalue weighted by Gasteiger charge is 2.13. The molecule has 112 valence electrons. The Balaban J connectivity index is 2.23. The van der Waals surface area contributed by atoms with Gasteiger partial charge in [-0.05, 0) is 49.2 Å². The zero-order chi connectivity index (χ0) is 15.2. The lowest BCUT2D eigenvalue weighted by atomic mass is 9.99. The molecule has 0 aliphatic rings. The fourth-order valence-corrected chi connectivity index (χ4v) is 2.44. The van der Waals surface area contributed by atoms with Crippen molar-refractivity contribution in [3.8, 4) is 5.75 Å². The SMILES string of the molecule is CCNC(Cc1ccc(C)cn1)c1ccc(C)c(OC)c1. The van der Waals surface area contributed by atoms with Gasteiger partial charge in [0.1, 0.15) is 5.75 Å². The number of aryl methyl sites for hydroxylation is 2. The zero-order valence-corrected chi connectivity index (χ0v) is 13.3. The molecule has 0 aliphatic heterocycles. The van der Waals surface area contributed by atoms with E-state index in [4.69, 9.17) is 4.74 Å². The fourth-order valence-electron chi connectivity index (χ4n) is 2.44. The number of aromatic nitrogens is 1. The number of hydrogen-bond donors (Lipinski definition) is 1. The standard InChI is InChI=1S/C18H24N2O/c1-5-19-17(11-16-9-6-13(2)12-20-16)15-8-7-14(3)18(10-15)21-4/h6-10,12,17,19H,5,11H2,1-4H3. The summed E-state index contributed by atoms with van der Waals surface area (Å²) in [4.78, 5) is 4.51. The molecule has 0 saturated carbocycles. The van der Waals surface area contributed by atoms with Crippen LogP contribution in [0.5, 0.6) is 5.75 Å². The van der Waals surface area contributed by atoms with Gasteiger partial charge in [-0.25, -0.2) is 0 Å². The molecule has 2 rings (SSSR count). The van der Waals surface area contributed by atoms with Crippen LogP contribution in [0, 0.1) is 13.8 Å². The first-order valence-corrected chi connectivity index (χ1v) is 7.43. The second kappa shape index (κ2) is 7.23. The maximum absolute atomic E-state index is 5.44. The first-order chi connectivity index (χ1) is 10.1. The first kappa shape index (κ1) is 15.5. The quantitative estimate of drug-likeness (QED) is 0.880. The summed E-state index contributed by atoms with van der Waals surface area (Å²) in [6.45, 7) is 7.17. The third kappa shape index (κ3) is 4.05. The van der Waals surface area contributed by atoms with E-state index in [0.717, 1.165) is 30.0 Å².